The molecule has 0 N–H and O–H groups in total. The van der Waals surface area contributed by atoms with Crippen LogP contribution in [-0.4, -0.2) is 9.49 Å². The van der Waals surface area contributed by atoms with Gasteiger partial charge in [0.25, 0.3) is 0 Å². The number of benzene rings is 2. The number of fused-ring (bicyclic) bond motifs is 1. The topological polar surface area (TPSA) is 48.1 Å². The van der Waals surface area contributed by atoms with Gasteiger partial charge in [-0.3, -0.25) is 10.1 Å². The monoisotopic (exact) mass is 348 g/mol. The predicted molar refractivity (Wildman–Crippen MR) is 81.8 cm³/mol. The third-order valence-electron chi connectivity index (χ3n) is 3.33. The summed E-state index contributed by atoms with van der Waals surface area (Å²) in [5.41, 5.74) is 0.738. The number of nitro benzene ring substituents is 1. The molecule has 1 aromatic heterocycles. The van der Waals surface area contributed by atoms with Crippen molar-refractivity contribution in [3.05, 3.63) is 74.6 Å². The number of rotatable bonds is 3. The minimum atomic E-state index is -0.778. The summed E-state index contributed by atoms with van der Waals surface area (Å²) in [6.45, 7) is 0.244. The van der Waals surface area contributed by atoms with E-state index < -0.39 is 16.4 Å². The fourth-order valence-corrected chi connectivity index (χ4v) is 2.66. The van der Waals surface area contributed by atoms with Gasteiger partial charge in [-0.05, 0) is 23.6 Å². The number of aromatic nitrogens is 1. The SMILES string of the molecule is O=[N+]([O-])c1cccc(Cn2ccc3ccc(Br)cc32)c1F. The van der Waals surface area contributed by atoms with E-state index in [-0.39, 0.29) is 6.54 Å². The maximum absolute atomic E-state index is 14.1. The van der Waals surface area contributed by atoms with Crippen LogP contribution in [0.15, 0.2) is 53.1 Å². The van der Waals surface area contributed by atoms with Crippen LogP contribution in [0.2, 0.25) is 0 Å². The zero-order valence-corrected chi connectivity index (χ0v) is 12.4. The third-order valence-corrected chi connectivity index (χ3v) is 3.82. The minimum absolute atomic E-state index is 0.244. The van der Waals surface area contributed by atoms with Gasteiger partial charge in [0.15, 0.2) is 0 Å². The number of halogens is 2. The van der Waals surface area contributed by atoms with Gasteiger partial charge in [0.2, 0.25) is 5.82 Å². The lowest BCUT2D eigenvalue weighted by molar-refractivity contribution is -0.387. The molecule has 1 heterocycles. The van der Waals surface area contributed by atoms with Crippen molar-refractivity contribution in [3.8, 4) is 0 Å². The van der Waals surface area contributed by atoms with Gasteiger partial charge in [-0.1, -0.05) is 34.1 Å². The minimum Gasteiger partial charge on any atom is -0.343 e. The van der Waals surface area contributed by atoms with E-state index in [1.807, 2.05) is 35.0 Å². The second kappa shape index (κ2) is 5.29. The summed E-state index contributed by atoms with van der Waals surface area (Å²) in [5, 5.41) is 11.8. The van der Waals surface area contributed by atoms with Crippen molar-refractivity contribution in [2.24, 2.45) is 0 Å². The largest absolute Gasteiger partial charge is 0.343 e. The van der Waals surface area contributed by atoms with Crippen LogP contribution in [0.1, 0.15) is 5.56 Å². The quantitative estimate of drug-likeness (QED) is 0.516. The predicted octanol–water partition coefficient (Wildman–Crippen LogP) is 4.50. The van der Waals surface area contributed by atoms with E-state index in [1.54, 1.807) is 6.07 Å². The van der Waals surface area contributed by atoms with Crippen molar-refractivity contribution in [1.82, 2.24) is 4.57 Å². The highest BCUT2D eigenvalue weighted by atomic mass is 79.9. The summed E-state index contributed by atoms with van der Waals surface area (Å²) in [4.78, 5) is 10.1. The summed E-state index contributed by atoms with van der Waals surface area (Å²) in [7, 11) is 0. The van der Waals surface area contributed by atoms with Crippen LogP contribution in [0.25, 0.3) is 10.9 Å². The Morgan fingerprint density at radius 2 is 2.05 bits per heavy atom. The number of nitro groups is 1. The van der Waals surface area contributed by atoms with Gasteiger partial charge in [0.05, 0.1) is 11.5 Å². The lowest BCUT2D eigenvalue weighted by atomic mass is 10.2. The summed E-state index contributed by atoms with van der Waals surface area (Å²) < 4.78 is 16.9. The average molecular weight is 349 g/mol. The maximum atomic E-state index is 14.1. The molecule has 3 aromatic rings. The van der Waals surface area contributed by atoms with Crippen LogP contribution >= 0.6 is 15.9 Å². The second-order valence-corrected chi connectivity index (χ2v) is 5.57. The van der Waals surface area contributed by atoms with E-state index in [9.17, 15) is 14.5 Å². The fourth-order valence-electron chi connectivity index (χ4n) is 2.31. The molecule has 6 heteroatoms. The van der Waals surface area contributed by atoms with Gasteiger partial charge >= 0.3 is 5.69 Å². The van der Waals surface area contributed by atoms with E-state index in [4.69, 9.17) is 0 Å². The Morgan fingerprint density at radius 3 is 2.81 bits per heavy atom. The van der Waals surface area contributed by atoms with Crippen molar-refractivity contribution in [3.63, 3.8) is 0 Å². The molecule has 21 heavy (non-hydrogen) atoms. The first kappa shape index (κ1) is 13.8. The summed E-state index contributed by atoms with van der Waals surface area (Å²) in [6.07, 6.45) is 1.84. The highest BCUT2D eigenvalue weighted by molar-refractivity contribution is 9.10. The van der Waals surface area contributed by atoms with E-state index in [1.165, 1.54) is 12.1 Å². The molecule has 4 nitrogen and oxygen atoms in total. The van der Waals surface area contributed by atoms with Crippen LogP contribution in [0.4, 0.5) is 10.1 Å². The Labute approximate surface area is 128 Å². The molecule has 106 valence electrons. The van der Waals surface area contributed by atoms with Gasteiger partial charge in [-0.15, -0.1) is 0 Å². The number of hydrogen-bond donors (Lipinski definition) is 0. The molecule has 0 aliphatic carbocycles. The molecule has 0 bridgehead atoms. The van der Waals surface area contributed by atoms with Crippen molar-refractivity contribution in [2.75, 3.05) is 0 Å². The van der Waals surface area contributed by atoms with Crippen LogP contribution < -0.4 is 0 Å². The Kier molecular flexibility index (Phi) is 3.47. The first-order valence-corrected chi connectivity index (χ1v) is 7.02. The molecule has 0 atom stereocenters. The lowest BCUT2D eigenvalue weighted by Gasteiger charge is -2.07. The Hall–Kier alpha value is -2.21. The van der Waals surface area contributed by atoms with Crippen molar-refractivity contribution in [2.45, 2.75) is 6.54 Å². The lowest BCUT2D eigenvalue weighted by Crippen LogP contribution is -2.03. The highest BCUT2D eigenvalue weighted by Gasteiger charge is 2.17. The average Bonchev–Trinajstić information content (AvgIpc) is 2.83. The number of hydrogen-bond acceptors (Lipinski definition) is 2. The first-order valence-electron chi connectivity index (χ1n) is 6.22. The van der Waals surface area contributed by atoms with Crippen LogP contribution in [0.3, 0.4) is 0 Å². The summed E-state index contributed by atoms with van der Waals surface area (Å²) in [6, 6.07) is 12.0. The van der Waals surface area contributed by atoms with Gasteiger partial charge < -0.3 is 4.57 Å². The molecular formula is C15H10BrFN2O2. The summed E-state index contributed by atoms with van der Waals surface area (Å²) in [5.74, 6) is -0.778. The van der Waals surface area contributed by atoms with E-state index in [0.29, 0.717) is 5.56 Å². The fraction of sp³-hybridized carbons (Fsp3) is 0.0667. The highest BCUT2D eigenvalue weighted by Crippen LogP contribution is 2.24. The molecule has 0 radical (unpaired) electrons. The van der Waals surface area contributed by atoms with Crippen molar-refractivity contribution in [1.29, 1.82) is 0 Å². The maximum Gasteiger partial charge on any atom is 0.305 e. The zero-order chi connectivity index (χ0) is 15.0. The molecule has 0 spiro atoms. The molecular weight excluding hydrogens is 339 g/mol. The molecule has 2 aromatic carbocycles. The molecule has 0 saturated heterocycles. The van der Waals surface area contributed by atoms with Crippen LogP contribution in [0.5, 0.6) is 0 Å². The normalized spacial score (nSPS) is 11.0. The standard InChI is InChI=1S/C15H10BrFN2O2/c16-12-5-4-10-6-7-18(14(10)8-12)9-11-2-1-3-13(15(11)17)19(20)21/h1-8H,9H2. The second-order valence-electron chi connectivity index (χ2n) is 4.65. The van der Waals surface area contributed by atoms with Crippen LogP contribution in [-0.2, 0) is 6.54 Å². The van der Waals surface area contributed by atoms with E-state index >= 15 is 0 Å². The Morgan fingerprint density at radius 1 is 1.24 bits per heavy atom. The molecule has 0 aliphatic heterocycles. The van der Waals surface area contributed by atoms with Gasteiger partial charge in [-0.25, -0.2) is 0 Å². The molecule has 3 rings (SSSR count). The third kappa shape index (κ3) is 2.54. The van der Waals surface area contributed by atoms with E-state index in [0.717, 1.165) is 15.4 Å². The van der Waals surface area contributed by atoms with Crippen molar-refractivity contribution < 1.29 is 9.31 Å². The van der Waals surface area contributed by atoms with E-state index in [2.05, 4.69) is 15.9 Å². The molecule has 0 amide bonds. The van der Waals surface area contributed by atoms with Crippen LogP contribution in [0, 0.1) is 15.9 Å². The smallest absolute Gasteiger partial charge is 0.305 e. The van der Waals surface area contributed by atoms with Gasteiger partial charge in [0.1, 0.15) is 0 Å². The summed E-state index contributed by atoms with van der Waals surface area (Å²) >= 11 is 3.41. The zero-order valence-electron chi connectivity index (χ0n) is 10.8. The first-order chi connectivity index (χ1) is 10.1. The molecule has 0 unspecified atom stereocenters. The van der Waals surface area contributed by atoms with Crippen molar-refractivity contribution >= 4 is 32.5 Å². The molecule has 0 saturated carbocycles. The van der Waals surface area contributed by atoms with Gasteiger partial charge in [-0.2, -0.15) is 4.39 Å². The molecule has 0 fully saturated rings. The number of nitrogens with zero attached hydrogens (tertiary/aromatic N) is 2. The Balaban J connectivity index is 2.05. The Bertz CT molecular complexity index is 845. The molecule has 0 aliphatic rings. The van der Waals surface area contributed by atoms with Gasteiger partial charge in [0, 0.05) is 27.8 Å².